The van der Waals surface area contributed by atoms with Crippen LogP contribution in [0.25, 0.3) is 17.4 Å². The molecule has 2 atom stereocenters. The molecule has 8 nitrogen and oxygen atoms in total. The van der Waals surface area contributed by atoms with E-state index in [2.05, 4.69) is 17.9 Å². The first-order valence-corrected chi connectivity index (χ1v) is 14.1. The Morgan fingerprint density at radius 1 is 0.976 bits per heavy atom. The fraction of sp³-hybridized carbons (Fsp3) is 0.129. The maximum absolute atomic E-state index is 13.0. The number of hydrogen-bond acceptors (Lipinski definition) is 7. The van der Waals surface area contributed by atoms with E-state index in [4.69, 9.17) is 9.15 Å². The minimum Gasteiger partial charge on any atom is -0.479 e. The van der Waals surface area contributed by atoms with Gasteiger partial charge < -0.3 is 24.5 Å². The number of carboxylic acids is 1. The van der Waals surface area contributed by atoms with Gasteiger partial charge in [0.25, 0.3) is 5.91 Å². The lowest BCUT2D eigenvalue weighted by molar-refractivity contribution is -0.139. The molecule has 5 rings (SSSR count). The van der Waals surface area contributed by atoms with Crippen molar-refractivity contribution in [1.82, 2.24) is 10.2 Å². The van der Waals surface area contributed by atoms with Gasteiger partial charge in [0, 0.05) is 18.2 Å². The molecule has 2 unspecified atom stereocenters. The highest BCUT2D eigenvalue weighted by molar-refractivity contribution is 8.14. The SMILES string of the molecule is O=C(NC(C(=O)O)c1ccc(-c2ccc(/C=C3\SC(S)N(Cc4ccccc4)C3=O)o2)cc1)OCc1ccccc1. The molecule has 0 spiro atoms. The molecule has 2 heterocycles. The first-order valence-electron chi connectivity index (χ1n) is 12.7. The predicted molar refractivity (Wildman–Crippen MR) is 160 cm³/mol. The van der Waals surface area contributed by atoms with Gasteiger partial charge in [0.15, 0.2) is 6.04 Å². The van der Waals surface area contributed by atoms with Crippen LogP contribution in [0, 0.1) is 0 Å². The Balaban J connectivity index is 1.23. The maximum atomic E-state index is 13.0. The second-order valence-electron chi connectivity index (χ2n) is 9.17. The van der Waals surface area contributed by atoms with Crippen LogP contribution in [0.15, 0.2) is 106 Å². The van der Waals surface area contributed by atoms with Gasteiger partial charge >= 0.3 is 12.1 Å². The second kappa shape index (κ2) is 12.8. The number of carboxylic acid groups (broad SMARTS) is 1. The largest absolute Gasteiger partial charge is 0.479 e. The smallest absolute Gasteiger partial charge is 0.408 e. The summed E-state index contributed by atoms with van der Waals surface area (Å²) in [5.41, 5.74) is 2.89. The van der Waals surface area contributed by atoms with Crippen molar-refractivity contribution in [1.29, 1.82) is 0 Å². The van der Waals surface area contributed by atoms with Crippen LogP contribution >= 0.6 is 24.4 Å². The van der Waals surface area contributed by atoms with Crippen LogP contribution in [-0.2, 0) is 27.5 Å². The van der Waals surface area contributed by atoms with Gasteiger partial charge in [-0.05, 0) is 28.8 Å². The zero-order chi connectivity index (χ0) is 28.8. The number of carbonyl (C=O) groups excluding carboxylic acids is 2. The van der Waals surface area contributed by atoms with Crippen LogP contribution in [-0.4, -0.2) is 32.7 Å². The van der Waals surface area contributed by atoms with Crippen molar-refractivity contribution in [3.05, 3.63) is 124 Å². The third-order valence-corrected chi connectivity index (χ3v) is 7.92. The quantitative estimate of drug-likeness (QED) is 0.155. The Labute approximate surface area is 246 Å². The Hall–Kier alpha value is -4.41. The van der Waals surface area contributed by atoms with E-state index in [-0.39, 0.29) is 17.2 Å². The number of thioether (sulfide) groups is 1. The Kier molecular flexibility index (Phi) is 8.81. The van der Waals surface area contributed by atoms with Crippen LogP contribution in [0.1, 0.15) is 28.5 Å². The average Bonchev–Trinajstić information content (AvgIpc) is 3.56. The molecule has 0 saturated carbocycles. The number of nitrogens with one attached hydrogen (secondary N) is 1. The second-order valence-corrected chi connectivity index (χ2v) is 11.1. The summed E-state index contributed by atoms with van der Waals surface area (Å²) in [6.45, 7) is 0.490. The number of thiol groups is 1. The van der Waals surface area contributed by atoms with Gasteiger partial charge in [0.1, 0.15) is 22.8 Å². The van der Waals surface area contributed by atoms with Crippen LogP contribution < -0.4 is 5.32 Å². The monoisotopic (exact) mass is 586 g/mol. The number of ether oxygens (including phenoxy) is 1. The predicted octanol–water partition coefficient (Wildman–Crippen LogP) is 6.33. The van der Waals surface area contributed by atoms with E-state index in [1.54, 1.807) is 59.5 Å². The fourth-order valence-electron chi connectivity index (χ4n) is 4.22. The molecular formula is C31H26N2O6S2. The number of carbonyl (C=O) groups is 3. The summed E-state index contributed by atoms with van der Waals surface area (Å²) in [5.74, 6) is -0.280. The first-order chi connectivity index (χ1) is 19.9. The first kappa shape index (κ1) is 28.1. The summed E-state index contributed by atoms with van der Waals surface area (Å²) in [6.07, 6.45) is 0.865. The van der Waals surface area contributed by atoms with E-state index in [1.807, 2.05) is 48.5 Å². The van der Waals surface area contributed by atoms with E-state index in [9.17, 15) is 19.5 Å². The Bertz CT molecular complexity index is 1550. The van der Waals surface area contributed by atoms with Gasteiger partial charge in [-0.15, -0.1) is 12.6 Å². The van der Waals surface area contributed by atoms with Crippen molar-refractivity contribution >= 4 is 48.4 Å². The number of nitrogens with zero attached hydrogens (tertiary/aromatic N) is 1. The van der Waals surface area contributed by atoms with E-state index in [1.165, 1.54) is 11.8 Å². The van der Waals surface area contributed by atoms with Crippen molar-refractivity contribution < 1.29 is 28.6 Å². The number of furan rings is 1. The molecule has 10 heteroatoms. The molecule has 2 N–H and O–H groups in total. The van der Waals surface area contributed by atoms with Crippen LogP contribution in [0.4, 0.5) is 4.79 Å². The van der Waals surface area contributed by atoms with E-state index in [0.29, 0.717) is 34.1 Å². The van der Waals surface area contributed by atoms with Gasteiger partial charge in [0.05, 0.1) is 4.91 Å². The molecule has 0 radical (unpaired) electrons. The van der Waals surface area contributed by atoms with Crippen molar-refractivity contribution in [2.24, 2.45) is 0 Å². The molecule has 1 aromatic heterocycles. The normalized spacial score (nSPS) is 16.5. The summed E-state index contributed by atoms with van der Waals surface area (Å²) in [7, 11) is 0. The molecule has 1 aliphatic heterocycles. The number of alkyl carbamates (subject to hydrolysis) is 1. The third-order valence-electron chi connectivity index (χ3n) is 6.32. The van der Waals surface area contributed by atoms with Crippen LogP contribution in [0.3, 0.4) is 0 Å². The van der Waals surface area contributed by atoms with Crippen molar-refractivity contribution in [2.75, 3.05) is 0 Å². The molecule has 1 aliphatic rings. The minimum absolute atomic E-state index is 0.0265. The lowest BCUT2D eigenvalue weighted by atomic mass is 10.0. The minimum atomic E-state index is -1.29. The van der Waals surface area contributed by atoms with Gasteiger partial charge in [-0.25, -0.2) is 9.59 Å². The van der Waals surface area contributed by atoms with Crippen molar-refractivity contribution in [3.63, 3.8) is 0 Å². The summed E-state index contributed by atoms with van der Waals surface area (Å²) in [4.78, 5) is 39.4. The number of aliphatic carboxylic acids is 1. The molecule has 3 aromatic carbocycles. The lowest BCUT2D eigenvalue weighted by Gasteiger charge is -2.19. The topological polar surface area (TPSA) is 109 Å². The zero-order valence-electron chi connectivity index (χ0n) is 21.7. The maximum Gasteiger partial charge on any atom is 0.408 e. The lowest BCUT2D eigenvalue weighted by Crippen LogP contribution is -2.34. The van der Waals surface area contributed by atoms with E-state index in [0.717, 1.165) is 11.1 Å². The van der Waals surface area contributed by atoms with Crippen molar-refractivity contribution in [2.45, 2.75) is 23.9 Å². The third kappa shape index (κ3) is 7.03. The highest BCUT2D eigenvalue weighted by Crippen LogP contribution is 2.39. The average molecular weight is 587 g/mol. The Morgan fingerprint density at radius 3 is 2.29 bits per heavy atom. The number of amides is 2. The standard InChI is InChI=1S/C31H26N2O6S2/c34-28-26(41-31(40)33(28)18-20-7-3-1-4-8-20)17-24-15-16-25(39-24)22-11-13-23(14-12-22)27(29(35)36)32-30(37)38-19-21-9-5-2-6-10-21/h1-17,27,31,40H,18-19H2,(H,32,37)(H,35,36)/b26-17-. The van der Waals surface area contributed by atoms with Crippen LogP contribution in [0.5, 0.6) is 0 Å². The summed E-state index contributed by atoms with van der Waals surface area (Å²) in [6, 6.07) is 27.7. The van der Waals surface area contributed by atoms with Crippen LogP contribution in [0.2, 0.25) is 0 Å². The molecule has 0 bridgehead atoms. The van der Waals surface area contributed by atoms with Gasteiger partial charge in [-0.2, -0.15) is 0 Å². The number of benzene rings is 3. The highest BCUT2D eigenvalue weighted by Gasteiger charge is 2.34. The molecule has 41 heavy (non-hydrogen) atoms. The summed E-state index contributed by atoms with van der Waals surface area (Å²) < 4.78 is 10.8. The van der Waals surface area contributed by atoms with Gasteiger partial charge in [-0.1, -0.05) is 96.7 Å². The van der Waals surface area contributed by atoms with Gasteiger partial charge in [-0.3, -0.25) is 4.79 Å². The summed E-state index contributed by atoms with van der Waals surface area (Å²) in [5, 5.41) is 12.1. The molecule has 4 aromatic rings. The zero-order valence-corrected chi connectivity index (χ0v) is 23.4. The number of hydrogen-bond donors (Lipinski definition) is 3. The van der Waals surface area contributed by atoms with Crippen molar-refractivity contribution in [3.8, 4) is 11.3 Å². The van der Waals surface area contributed by atoms with Gasteiger partial charge in [0.2, 0.25) is 0 Å². The highest BCUT2D eigenvalue weighted by atomic mass is 32.2. The summed E-state index contributed by atoms with van der Waals surface area (Å²) >= 11 is 5.93. The van der Waals surface area contributed by atoms with E-state index < -0.39 is 18.1 Å². The molecule has 1 fully saturated rings. The number of rotatable bonds is 9. The molecule has 0 aliphatic carbocycles. The molecular weight excluding hydrogens is 560 g/mol. The Morgan fingerprint density at radius 2 is 1.63 bits per heavy atom. The molecule has 2 amide bonds. The van der Waals surface area contributed by atoms with E-state index >= 15 is 0 Å². The fourth-order valence-corrected chi connectivity index (χ4v) is 5.67. The molecule has 208 valence electrons. The molecule has 1 saturated heterocycles.